The monoisotopic (exact) mass is 298 g/mol. The lowest BCUT2D eigenvalue weighted by Crippen LogP contribution is -2.14. The van der Waals surface area contributed by atoms with Gasteiger partial charge in [-0.3, -0.25) is 0 Å². The van der Waals surface area contributed by atoms with Crippen LogP contribution in [0.2, 0.25) is 0 Å². The van der Waals surface area contributed by atoms with Gasteiger partial charge in [0.25, 0.3) is 0 Å². The fraction of sp³-hybridized carbons (Fsp3) is 0.0667. The van der Waals surface area contributed by atoms with Gasteiger partial charge >= 0.3 is 0 Å². The van der Waals surface area contributed by atoms with Crippen molar-refractivity contribution >= 4 is 28.6 Å². The van der Waals surface area contributed by atoms with E-state index in [0.29, 0.717) is 0 Å². The van der Waals surface area contributed by atoms with E-state index < -0.39 is 0 Å². The van der Waals surface area contributed by atoms with Gasteiger partial charge in [-0.1, -0.05) is 29.1 Å². The van der Waals surface area contributed by atoms with E-state index in [1.165, 1.54) is 0 Å². The summed E-state index contributed by atoms with van der Waals surface area (Å²) >= 11 is 1.55. The first-order valence-electron chi connectivity index (χ1n) is 6.38. The predicted molar refractivity (Wildman–Crippen MR) is 83.9 cm³/mol. The molecule has 1 heterocycles. The molecule has 0 atom stereocenters. The number of nitrogens with zero attached hydrogens (tertiary/aromatic N) is 2. The van der Waals surface area contributed by atoms with Crippen molar-refractivity contribution in [3.63, 3.8) is 0 Å². The Balaban J connectivity index is 1.89. The molecule has 0 aliphatic carbocycles. The number of aromatic nitrogens is 2. The number of imidazole rings is 1. The second kappa shape index (κ2) is 5.49. The first kappa shape index (κ1) is 13.5. The summed E-state index contributed by atoms with van der Waals surface area (Å²) in [6.45, 7) is 1.93. The molecule has 0 saturated heterocycles. The van der Waals surface area contributed by atoms with E-state index in [0.717, 1.165) is 32.2 Å². The first-order chi connectivity index (χ1) is 10.2. The number of H-pyrrole nitrogens is 1. The lowest BCUT2D eigenvalue weighted by atomic mass is 10.1. The zero-order valence-electron chi connectivity index (χ0n) is 11.4. The van der Waals surface area contributed by atoms with E-state index in [9.17, 15) is 0 Å². The summed E-state index contributed by atoms with van der Waals surface area (Å²) in [5.74, 6) is 0.118. The SMILES string of the molecule is Cc1cc(Sc2nc3ccccc3[nH]2)ccc1/C(N)=N/O. The molecule has 5 nitrogen and oxygen atoms in total. The number of oxime groups is 1. The number of amidine groups is 1. The van der Waals surface area contributed by atoms with Gasteiger partial charge in [0.2, 0.25) is 0 Å². The molecule has 106 valence electrons. The van der Waals surface area contributed by atoms with Crippen molar-refractivity contribution in [1.29, 1.82) is 0 Å². The molecule has 0 bridgehead atoms. The molecule has 0 unspecified atom stereocenters. The summed E-state index contributed by atoms with van der Waals surface area (Å²) in [7, 11) is 0. The number of hydrogen-bond donors (Lipinski definition) is 3. The fourth-order valence-electron chi connectivity index (χ4n) is 2.13. The van der Waals surface area contributed by atoms with Crippen LogP contribution in [0.4, 0.5) is 0 Å². The van der Waals surface area contributed by atoms with Gasteiger partial charge in [-0.25, -0.2) is 4.98 Å². The van der Waals surface area contributed by atoms with Crippen molar-refractivity contribution in [2.75, 3.05) is 0 Å². The van der Waals surface area contributed by atoms with Crippen molar-refractivity contribution in [3.05, 3.63) is 53.6 Å². The van der Waals surface area contributed by atoms with E-state index >= 15 is 0 Å². The van der Waals surface area contributed by atoms with E-state index in [2.05, 4.69) is 15.1 Å². The molecule has 0 spiro atoms. The van der Waals surface area contributed by atoms with Gasteiger partial charge in [0.1, 0.15) is 0 Å². The Morgan fingerprint density at radius 3 is 2.81 bits per heavy atom. The number of fused-ring (bicyclic) bond motifs is 1. The Kier molecular flexibility index (Phi) is 3.53. The number of hydrogen-bond acceptors (Lipinski definition) is 4. The van der Waals surface area contributed by atoms with Crippen LogP contribution in [0.1, 0.15) is 11.1 Å². The predicted octanol–water partition coefficient (Wildman–Crippen LogP) is 3.12. The van der Waals surface area contributed by atoms with Crippen molar-refractivity contribution in [2.45, 2.75) is 17.0 Å². The highest BCUT2D eigenvalue weighted by molar-refractivity contribution is 7.99. The molecule has 0 radical (unpaired) electrons. The summed E-state index contributed by atoms with van der Waals surface area (Å²) < 4.78 is 0. The minimum Gasteiger partial charge on any atom is -0.409 e. The Morgan fingerprint density at radius 1 is 1.29 bits per heavy atom. The van der Waals surface area contributed by atoms with Crippen LogP contribution < -0.4 is 5.73 Å². The quantitative estimate of drug-likeness (QED) is 0.300. The summed E-state index contributed by atoms with van der Waals surface area (Å²) in [4.78, 5) is 8.85. The fourth-order valence-corrected chi connectivity index (χ4v) is 3.03. The summed E-state index contributed by atoms with van der Waals surface area (Å²) in [6.07, 6.45) is 0. The molecule has 0 amide bonds. The lowest BCUT2D eigenvalue weighted by Gasteiger charge is -2.05. The van der Waals surface area contributed by atoms with Gasteiger partial charge in [-0.05, 0) is 42.8 Å². The molecule has 21 heavy (non-hydrogen) atoms. The lowest BCUT2D eigenvalue weighted by molar-refractivity contribution is 0.318. The standard InChI is InChI=1S/C15H14N4OS/c1-9-8-10(6-7-11(9)14(16)19-20)21-15-17-12-4-2-3-5-13(12)18-15/h2-8,20H,1H3,(H2,16,19)(H,17,18). The second-order valence-electron chi connectivity index (χ2n) is 4.62. The van der Waals surface area contributed by atoms with Crippen LogP contribution in [0, 0.1) is 6.92 Å². The molecule has 3 aromatic rings. The highest BCUT2D eigenvalue weighted by Crippen LogP contribution is 2.28. The highest BCUT2D eigenvalue weighted by Gasteiger charge is 2.08. The summed E-state index contributed by atoms with van der Waals surface area (Å²) in [5.41, 5.74) is 9.27. The Bertz CT molecular complexity index is 792. The highest BCUT2D eigenvalue weighted by atomic mass is 32.2. The Hall–Kier alpha value is -2.47. The third-order valence-corrected chi connectivity index (χ3v) is 4.04. The summed E-state index contributed by atoms with van der Waals surface area (Å²) in [5, 5.41) is 12.6. The number of aryl methyl sites for hydroxylation is 1. The Labute approximate surface area is 125 Å². The minimum atomic E-state index is 0.118. The molecule has 0 fully saturated rings. The molecule has 0 aliphatic rings. The maximum absolute atomic E-state index is 8.74. The molecule has 2 aromatic carbocycles. The molecule has 1 aromatic heterocycles. The second-order valence-corrected chi connectivity index (χ2v) is 5.69. The third kappa shape index (κ3) is 2.71. The Morgan fingerprint density at radius 2 is 2.10 bits per heavy atom. The number of benzene rings is 2. The van der Waals surface area contributed by atoms with E-state index in [1.54, 1.807) is 11.8 Å². The van der Waals surface area contributed by atoms with Crippen LogP contribution >= 0.6 is 11.8 Å². The van der Waals surface area contributed by atoms with Crippen LogP contribution in [-0.4, -0.2) is 21.0 Å². The number of rotatable bonds is 3. The van der Waals surface area contributed by atoms with Gasteiger partial charge in [0.15, 0.2) is 11.0 Å². The number of para-hydroxylation sites is 2. The van der Waals surface area contributed by atoms with Crippen molar-refractivity contribution in [3.8, 4) is 0 Å². The topological polar surface area (TPSA) is 87.3 Å². The average molecular weight is 298 g/mol. The van der Waals surface area contributed by atoms with Gasteiger partial charge in [0, 0.05) is 10.5 Å². The van der Waals surface area contributed by atoms with Crippen LogP contribution in [0.5, 0.6) is 0 Å². The summed E-state index contributed by atoms with van der Waals surface area (Å²) in [6, 6.07) is 13.7. The largest absolute Gasteiger partial charge is 0.409 e. The third-order valence-electron chi connectivity index (χ3n) is 3.16. The molecular formula is C15H14N4OS. The molecule has 3 rings (SSSR count). The molecule has 0 aliphatic heterocycles. The molecule has 4 N–H and O–H groups in total. The first-order valence-corrected chi connectivity index (χ1v) is 7.20. The van der Waals surface area contributed by atoms with Crippen molar-refractivity contribution in [1.82, 2.24) is 9.97 Å². The van der Waals surface area contributed by atoms with Crippen molar-refractivity contribution in [2.24, 2.45) is 10.9 Å². The van der Waals surface area contributed by atoms with Crippen molar-refractivity contribution < 1.29 is 5.21 Å². The maximum atomic E-state index is 8.74. The van der Waals surface area contributed by atoms with Crippen LogP contribution in [0.15, 0.2) is 57.7 Å². The average Bonchev–Trinajstić information content (AvgIpc) is 2.88. The van der Waals surface area contributed by atoms with E-state index in [4.69, 9.17) is 10.9 Å². The number of nitrogens with one attached hydrogen (secondary N) is 1. The minimum absolute atomic E-state index is 0.118. The van der Waals surface area contributed by atoms with Gasteiger partial charge < -0.3 is 15.9 Å². The van der Waals surface area contributed by atoms with E-state index in [-0.39, 0.29) is 5.84 Å². The molecule has 6 heteroatoms. The van der Waals surface area contributed by atoms with Gasteiger partial charge in [0.05, 0.1) is 11.0 Å². The molecule has 0 saturated carbocycles. The van der Waals surface area contributed by atoms with Crippen LogP contribution in [0.25, 0.3) is 11.0 Å². The number of aromatic amines is 1. The van der Waals surface area contributed by atoms with Crippen LogP contribution in [-0.2, 0) is 0 Å². The zero-order valence-corrected chi connectivity index (χ0v) is 12.2. The maximum Gasteiger partial charge on any atom is 0.171 e. The normalized spacial score (nSPS) is 12.0. The van der Waals surface area contributed by atoms with Crippen LogP contribution in [0.3, 0.4) is 0 Å². The zero-order chi connectivity index (χ0) is 14.8. The van der Waals surface area contributed by atoms with E-state index in [1.807, 2.05) is 49.4 Å². The number of nitrogens with two attached hydrogens (primary N) is 1. The van der Waals surface area contributed by atoms with Gasteiger partial charge in [-0.2, -0.15) is 0 Å². The smallest absolute Gasteiger partial charge is 0.171 e. The molecular weight excluding hydrogens is 284 g/mol. The van der Waals surface area contributed by atoms with Gasteiger partial charge in [-0.15, -0.1) is 0 Å².